The molecule has 1 amide bonds. The highest BCUT2D eigenvalue weighted by Crippen LogP contribution is 1.98. The Morgan fingerprint density at radius 1 is 1.58 bits per heavy atom. The molecule has 0 aliphatic carbocycles. The second kappa shape index (κ2) is 3.85. The summed E-state index contributed by atoms with van der Waals surface area (Å²) in [4.78, 5) is 15.1. The first kappa shape index (κ1) is 8.71. The van der Waals surface area contributed by atoms with Crippen molar-refractivity contribution in [1.82, 2.24) is 10.3 Å². The minimum absolute atomic E-state index is 0.00639. The highest BCUT2D eigenvalue weighted by Gasteiger charge is 2.00. The molecule has 3 heteroatoms. The van der Waals surface area contributed by atoms with Crippen LogP contribution in [0, 0.1) is 6.92 Å². The van der Waals surface area contributed by atoms with Crippen molar-refractivity contribution in [3.05, 3.63) is 29.6 Å². The molecular weight excluding hydrogens is 152 g/mol. The first-order valence-corrected chi connectivity index (χ1v) is 3.85. The Hall–Kier alpha value is -1.38. The summed E-state index contributed by atoms with van der Waals surface area (Å²) < 4.78 is 0. The lowest BCUT2D eigenvalue weighted by atomic mass is 10.2. The molecule has 12 heavy (non-hydrogen) atoms. The topological polar surface area (TPSA) is 42.0 Å². The second-order valence-electron chi connectivity index (χ2n) is 2.62. The molecule has 0 bridgehead atoms. The number of carbonyl (C=O) groups excluding carboxylic acids is 1. The molecule has 3 nitrogen and oxygen atoms in total. The highest BCUT2D eigenvalue weighted by molar-refractivity contribution is 5.77. The van der Waals surface area contributed by atoms with Crippen LogP contribution < -0.4 is 5.32 Å². The number of pyridine rings is 1. The molecule has 0 aromatic carbocycles. The van der Waals surface area contributed by atoms with Crippen molar-refractivity contribution in [1.29, 1.82) is 0 Å². The Morgan fingerprint density at radius 3 is 2.92 bits per heavy atom. The predicted molar refractivity (Wildman–Crippen MR) is 46.7 cm³/mol. The third-order valence-electron chi connectivity index (χ3n) is 1.57. The Labute approximate surface area is 71.8 Å². The average Bonchev–Trinajstić information content (AvgIpc) is 2.04. The van der Waals surface area contributed by atoms with E-state index in [2.05, 4.69) is 10.3 Å². The van der Waals surface area contributed by atoms with Gasteiger partial charge in [0.2, 0.25) is 5.91 Å². The van der Waals surface area contributed by atoms with Crippen LogP contribution in [0.1, 0.15) is 11.4 Å². The zero-order valence-corrected chi connectivity index (χ0v) is 7.29. The number of nitrogens with zero attached hydrogens (tertiary/aromatic N) is 1. The Bertz CT molecular complexity index is 284. The fourth-order valence-corrected chi connectivity index (χ4v) is 0.951. The SMILES string of the molecule is CNC(=O)Cc1cccc(C)n1. The van der Waals surface area contributed by atoms with E-state index < -0.39 is 0 Å². The molecule has 1 N–H and O–H groups in total. The minimum atomic E-state index is -0.00639. The molecule has 0 atom stereocenters. The van der Waals surface area contributed by atoms with Gasteiger partial charge in [0.25, 0.3) is 0 Å². The predicted octanol–water partition coefficient (Wildman–Crippen LogP) is 0.679. The van der Waals surface area contributed by atoms with Crippen LogP contribution in [0.3, 0.4) is 0 Å². The van der Waals surface area contributed by atoms with Crippen molar-refractivity contribution in [2.45, 2.75) is 13.3 Å². The molecule has 1 heterocycles. The molecule has 0 spiro atoms. The molecule has 1 aromatic rings. The minimum Gasteiger partial charge on any atom is -0.359 e. The van der Waals surface area contributed by atoms with E-state index in [0.29, 0.717) is 6.42 Å². The number of hydrogen-bond donors (Lipinski definition) is 1. The van der Waals surface area contributed by atoms with Crippen LogP contribution in [0.5, 0.6) is 0 Å². The number of carbonyl (C=O) groups is 1. The summed E-state index contributed by atoms with van der Waals surface area (Å²) in [7, 11) is 1.62. The largest absolute Gasteiger partial charge is 0.359 e. The van der Waals surface area contributed by atoms with Gasteiger partial charge < -0.3 is 5.32 Å². The van der Waals surface area contributed by atoms with Crippen LogP contribution in [0.4, 0.5) is 0 Å². The van der Waals surface area contributed by atoms with Gasteiger partial charge in [-0.3, -0.25) is 9.78 Å². The Morgan fingerprint density at radius 2 is 2.33 bits per heavy atom. The van der Waals surface area contributed by atoms with Crippen molar-refractivity contribution >= 4 is 5.91 Å². The maximum atomic E-state index is 10.9. The molecule has 0 saturated carbocycles. The van der Waals surface area contributed by atoms with E-state index in [4.69, 9.17) is 0 Å². The van der Waals surface area contributed by atoms with Crippen molar-refractivity contribution in [2.75, 3.05) is 7.05 Å². The van der Waals surface area contributed by atoms with E-state index in [1.165, 1.54) is 0 Å². The van der Waals surface area contributed by atoms with Gasteiger partial charge in [-0.15, -0.1) is 0 Å². The second-order valence-corrected chi connectivity index (χ2v) is 2.62. The molecule has 0 saturated heterocycles. The lowest BCUT2D eigenvalue weighted by Gasteiger charge is -1.99. The van der Waals surface area contributed by atoms with Gasteiger partial charge in [0.15, 0.2) is 0 Å². The molecule has 0 aliphatic heterocycles. The van der Waals surface area contributed by atoms with E-state index in [1.807, 2.05) is 25.1 Å². The molecule has 0 radical (unpaired) electrons. The number of hydrogen-bond acceptors (Lipinski definition) is 2. The van der Waals surface area contributed by atoms with Gasteiger partial charge in [0.1, 0.15) is 0 Å². The van der Waals surface area contributed by atoms with Crippen LogP contribution in [-0.2, 0) is 11.2 Å². The Balaban J connectivity index is 2.69. The van der Waals surface area contributed by atoms with Crippen molar-refractivity contribution < 1.29 is 4.79 Å². The standard InChI is InChI=1S/C9H12N2O/c1-7-4-3-5-8(11-7)6-9(12)10-2/h3-5H,6H2,1-2H3,(H,10,12). The summed E-state index contributed by atoms with van der Waals surface area (Å²) in [5.41, 5.74) is 1.76. The van der Waals surface area contributed by atoms with E-state index >= 15 is 0 Å². The number of rotatable bonds is 2. The number of nitrogens with one attached hydrogen (secondary N) is 1. The van der Waals surface area contributed by atoms with Crippen molar-refractivity contribution in [3.63, 3.8) is 0 Å². The van der Waals surface area contributed by atoms with Gasteiger partial charge in [0.05, 0.1) is 6.42 Å². The lowest BCUT2D eigenvalue weighted by Crippen LogP contribution is -2.20. The summed E-state index contributed by atoms with van der Waals surface area (Å²) in [6.45, 7) is 1.91. The van der Waals surface area contributed by atoms with Gasteiger partial charge >= 0.3 is 0 Å². The average molecular weight is 164 g/mol. The van der Waals surface area contributed by atoms with Crippen LogP contribution in [0.15, 0.2) is 18.2 Å². The molecular formula is C9H12N2O. The maximum absolute atomic E-state index is 10.9. The van der Waals surface area contributed by atoms with Gasteiger partial charge in [-0.1, -0.05) is 6.07 Å². The summed E-state index contributed by atoms with van der Waals surface area (Å²) in [5, 5.41) is 2.55. The number of aromatic nitrogens is 1. The number of amides is 1. The quantitative estimate of drug-likeness (QED) is 0.698. The third-order valence-corrected chi connectivity index (χ3v) is 1.57. The lowest BCUT2D eigenvalue weighted by molar-refractivity contribution is -0.120. The normalized spacial score (nSPS) is 9.50. The zero-order chi connectivity index (χ0) is 8.97. The molecule has 64 valence electrons. The van der Waals surface area contributed by atoms with Gasteiger partial charge in [-0.05, 0) is 19.1 Å². The van der Waals surface area contributed by atoms with Crippen molar-refractivity contribution in [3.8, 4) is 0 Å². The Kier molecular flexibility index (Phi) is 2.80. The maximum Gasteiger partial charge on any atom is 0.225 e. The fourth-order valence-electron chi connectivity index (χ4n) is 0.951. The summed E-state index contributed by atoms with van der Waals surface area (Å²) in [6.07, 6.45) is 0.359. The first-order chi connectivity index (χ1) is 5.72. The molecule has 0 fully saturated rings. The summed E-state index contributed by atoms with van der Waals surface area (Å²) in [5.74, 6) is -0.00639. The van der Waals surface area contributed by atoms with Crippen LogP contribution in [0.2, 0.25) is 0 Å². The summed E-state index contributed by atoms with van der Waals surface area (Å²) in [6, 6.07) is 5.66. The smallest absolute Gasteiger partial charge is 0.225 e. The van der Waals surface area contributed by atoms with Crippen LogP contribution >= 0.6 is 0 Å². The van der Waals surface area contributed by atoms with Crippen molar-refractivity contribution in [2.24, 2.45) is 0 Å². The number of likely N-dealkylation sites (N-methyl/N-ethyl adjacent to an activating group) is 1. The van der Waals surface area contributed by atoms with E-state index in [9.17, 15) is 4.79 Å². The third kappa shape index (κ3) is 2.34. The van der Waals surface area contributed by atoms with E-state index in [0.717, 1.165) is 11.4 Å². The number of aryl methyl sites for hydroxylation is 1. The van der Waals surface area contributed by atoms with Gasteiger partial charge in [0, 0.05) is 18.4 Å². The van der Waals surface area contributed by atoms with Gasteiger partial charge in [-0.2, -0.15) is 0 Å². The van der Waals surface area contributed by atoms with E-state index in [-0.39, 0.29) is 5.91 Å². The zero-order valence-electron chi connectivity index (χ0n) is 7.29. The fraction of sp³-hybridized carbons (Fsp3) is 0.333. The monoisotopic (exact) mass is 164 g/mol. The van der Waals surface area contributed by atoms with Crippen LogP contribution in [-0.4, -0.2) is 17.9 Å². The highest BCUT2D eigenvalue weighted by atomic mass is 16.1. The van der Waals surface area contributed by atoms with Gasteiger partial charge in [-0.25, -0.2) is 0 Å². The molecule has 0 aliphatic rings. The molecule has 0 unspecified atom stereocenters. The molecule has 1 aromatic heterocycles. The summed E-state index contributed by atoms with van der Waals surface area (Å²) >= 11 is 0. The van der Waals surface area contributed by atoms with Crippen LogP contribution in [0.25, 0.3) is 0 Å². The first-order valence-electron chi connectivity index (χ1n) is 3.85. The molecule has 1 rings (SSSR count). The van der Waals surface area contributed by atoms with E-state index in [1.54, 1.807) is 7.05 Å².